The van der Waals surface area contributed by atoms with Crippen LogP contribution in [0.25, 0.3) is 0 Å². The van der Waals surface area contributed by atoms with Crippen molar-refractivity contribution in [1.29, 1.82) is 0 Å². The summed E-state index contributed by atoms with van der Waals surface area (Å²) in [7, 11) is 0. The van der Waals surface area contributed by atoms with Crippen molar-refractivity contribution in [3.63, 3.8) is 0 Å². The van der Waals surface area contributed by atoms with Crippen LogP contribution in [-0.2, 0) is 0 Å². The molecule has 2 aromatic rings. The third-order valence-corrected chi connectivity index (χ3v) is 2.18. The third-order valence-electron chi connectivity index (χ3n) is 2.18. The fourth-order valence-electron chi connectivity index (χ4n) is 1.37. The second kappa shape index (κ2) is 5.18. The molecule has 0 aliphatic heterocycles. The highest BCUT2D eigenvalue weighted by Crippen LogP contribution is 2.18. The molecule has 0 saturated heterocycles. The Kier molecular flexibility index (Phi) is 3.43. The summed E-state index contributed by atoms with van der Waals surface area (Å²) in [6, 6.07) is 12.4. The zero-order chi connectivity index (χ0) is 13.0. The van der Waals surface area contributed by atoms with Crippen LogP contribution in [0.1, 0.15) is 0 Å². The molecular formula is C13H11FN2O2. The van der Waals surface area contributed by atoms with Crippen molar-refractivity contribution in [2.45, 2.75) is 0 Å². The highest BCUT2D eigenvalue weighted by Gasteiger charge is 2.08. The number of ether oxygens (including phenoxy) is 1. The fraction of sp³-hybridized carbons (Fsp3) is 0. The number of carbonyl (C=O) groups excluding carboxylic acids is 1. The molecule has 0 bridgehead atoms. The predicted octanol–water partition coefficient (Wildman–Crippen LogP) is 3.02. The summed E-state index contributed by atoms with van der Waals surface area (Å²) in [4.78, 5) is 11.5. The Morgan fingerprint density at radius 3 is 2.61 bits per heavy atom. The second-order valence-corrected chi connectivity index (χ2v) is 3.57. The van der Waals surface area contributed by atoms with Crippen LogP contribution in [0.15, 0.2) is 48.5 Å². The van der Waals surface area contributed by atoms with Gasteiger partial charge in [-0.05, 0) is 30.3 Å². The maximum absolute atomic E-state index is 13.3. The topological polar surface area (TPSA) is 64.3 Å². The normalized spacial score (nSPS) is 9.83. The van der Waals surface area contributed by atoms with Gasteiger partial charge in [0.05, 0.1) is 5.69 Å². The minimum atomic E-state index is -0.772. The lowest BCUT2D eigenvalue weighted by molar-refractivity contribution is 0.215. The molecule has 0 aromatic heterocycles. The molecule has 4 nitrogen and oxygen atoms in total. The summed E-state index contributed by atoms with van der Waals surface area (Å²) in [6.45, 7) is 0. The number of carbonyl (C=O) groups is 1. The second-order valence-electron chi connectivity index (χ2n) is 3.57. The minimum absolute atomic E-state index is 0.0177. The van der Waals surface area contributed by atoms with Crippen LogP contribution in [0.4, 0.5) is 20.6 Å². The van der Waals surface area contributed by atoms with Crippen LogP contribution >= 0.6 is 0 Å². The Morgan fingerprint density at radius 2 is 1.89 bits per heavy atom. The van der Waals surface area contributed by atoms with Crippen LogP contribution in [0, 0.1) is 5.82 Å². The molecule has 0 radical (unpaired) electrons. The molecule has 3 N–H and O–H groups in total. The van der Waals surface area contributed by atoms with Crippen molar-refractivity contribution in [1.82, 2.24) is 0 Å². The molecule has 2 rings (SSSR count). The Balaban J connectivity index is 2.05. The molecule has 5 heteroatoms. The molecular weight excluding hydrogens is 235 g/mol. The monoisotopic (exact) mass is 246 g/mol. The molecule has 0 spiro atoms. The first-order valence-electron chi connectivity index (χ1n) is 5.24. The Bertz CT molecular complexity index is 558. The van der Waals surface area contributed by atoms with Crippen molar-refractivity contribution in [2.75, 3.05) is 11.1 Å². The quantitative estimate of drug-likeness (QED) is 0.800. The predicted molar refractivity (Wildman–Crippen MR) is 66.9 cm³/mol. The van der Waals surface area contributed by atoms with Gasteiger partial charge in [-0.25, -0.2) is 9.18 Å². The third kappa shape index (κ3) is 2.98. The van der Waals surface area contributed by atoms with E-state index in [1.165, 1.54) is 18.2 Å². The minimum Gasteiger partial charge on any atom is -0.410 e. The summed E-state index contributed by atoms with van der Waals surface area (Å²) >= 11 is 0. The number of nitrogens with two attached hydrogens (primary N) is 1. The molecule has 0 saturated carbocycles. The molecule has 0 heterocycles. The van der Waals surface area contributed by atoms with Crippen molar-refractivity contribution in [3.8, 4) is 5.75 Å². The standard InChI is InChI=1S/C13H11FN2O2/c14-11-7-6-9(15)8-12(11)16-13(17)18-10-4-2-1-3-5-10/h1-8H,15H2,(H,16,17). The van der Waals surface area contributed by atoms with Crippen LogP contribution in [0.2, 0.25) is 0 Å². The SMILES string of the molecule is Nc1ccc(F)c(NC(=O)Oc2ccccc2)c1. The first-order chi connectivity index (χ1) is 8.65. The number of nitrogens with one attached hydrogen (secondary N) is 1. The van der Waals surface area contributed by atoms with Crippen LogP contribution < -0.4 is 15.8 Å². The average molecular weight is 246 g/mol. The van der Waals surface area contributed by atoms with E-state index in [1.54, 1.807) is 30.3 Å². The lowest BCUT2D eigenvalue weighted by Crippen LogP contribution is -2.17. The van der Waals surface area contributed by atoms with E-state index in [1.807, 2.05) is 0 Å². The van der Waals surface area contributed by atoms with Gasteiger partial charge in [0.15, 0.2) is 0 Å². The molecule has 92 valence electrons. The highest BCUT2D eigenvalue weighted by atomic mass is 19.1. The van der Waals surface area contributed by atoms with Crippen molar-refractivity contribution in [2.24, 2.45) is 0 Å². The van der Waals surface area contributed by atoms with Crippen LogP contribution in [-0.4, -0.2) is 6.09 Å². The number of benzene rings is 2. The number of hydrogen-bond donors (Lipinski definition) is 2. The smallest absolute Gasteiger partial charge is 0.410 e. The van der Waals surface area contributed by atoms with Gasteiger partial charge in [0, 0.05) is 5.69 Å². The maximum atomic E-state index is 13.3. The number of halogens is 1. The summed E-state index contributed by atoms with van der Waals surface area (Å²) in [5, 5.41) is 2.28. The first-order valence-corrected chi connectivity index (χ1v) is 5.24. The van der Waals surface area contributed by atoms with Crippen LogP contribution in [0.5, 0.6) is 5.75 Å². The van der Waals surface area contributed by atoms with Crippen molar-refractivity contribution < 1.29 is 13.9 Å². The van der Waals surface area contributed by atoms with E-state index < -0.39 is 11.9 Å². The van der Waals surface area contributed by atoms with Gasteiger partial charge in [0.1, 0.15) is 11.6 Å². The van der Waals surface area contributed by atoms with Crippen molar-refractivity contribution >= 4 is 17.5 Å². The zero-order valence-corrected chi connectivity index (χ0v) is 9.39. The van der Waals surface area contributed by atoms with Crippen LogP contribution in [0.3, 0.4) is 0 Å². The summed E-state index contributed by atoms with van der Waals surface area (Å²) in [5.74, 6) is -0.200. The van der Waals surface area contributed by atoms with Gasteiger partial charge in [-0.1, -0.05) is 18.2 Å². The van der Waals surface area contributed by atoms with Gasteiger partial charge in [0.2, 0.25) is 0 Å². The molecule has 2 aromatic carbocycles. The lowest BCUT2D eigenvalue weighted by atomic mass is 10.3. The van der Waals surface area contributed by atoms with Gasteiger partial charge >= 0.3 is 6.09 Å². The van der Waals surface area contributed by atoms with E-state index in [-0.39, 0.29) is 5.69 Å². The Hall–Kier alpha value is -2.56. The van der Waals surface area contributed by atoms with E-state index >= 15 is 0 Å². The van der Waals surface area contributed by atoms with Gasteiger partial charge in [0.25, 0.3) is 0 Å². The summed E-state index contributed by atoms with van der Waals surface area (Å²) in [6.07, 6.45) is -0.772. The van der Waals surface area contributed by atoms with Gasteiger partial charge in [-0.15, -0.1) is 0 Å². The number of para-hydroxylation sites is 1. The van der Waals surface area contributed by atoms with Crippen molar-refractivity contribution in [3.05, 3.63) is 54.3 Å². The molecule has 18 heavy (non-hydrogen) atoms. The maximum Gasteiger partial charge on any atom is 0.417 e. The summed E-state index contributed by atoms with van der Waals surface area (Å²) < 4.78 is 18.3. The van der Waals surface area contributed by atoms with E-state index in [9.17, 15) is 9.18 Å². The number of rotatable bonds is 2. The average Bonchev–Trinajstić information content (AvgIpc) is 2.35. The highest BCUT2D eigenvalue weighted by molar-refractivity contribution is 5.87. The first kappa shape index (κ1) is 11.9. The van der Waals surface area contributed by atoms with E-state index in [4.69, 9.17) is 10.5 Å². The number of amides is 1. The number of hydrogen-bond acceptors (Lipinski definition) is 3. The number of anilines is 2. The molecule has 0 aliphatic rings. The molecule has 0 aliphatic carbocycles. The molecule has 1 amide bonds. The molecule has 0 unspecified atom stereocenters. The Labute approximate surface area is 103 Å². The summed E-state index contributed by atoms with van der Waals surface area (Å²) in [5.41, 5.74) is 5.83. The van der Waals surface area contributed by atoms with E-state index in [0.29, 0.717) is 11.4 Å². The molecule has 0 atom stereocenters. The fourth-order valence-corrected chi connectivity index (χ4v) is 1.37. The number of nitrogen functional groups attached to an aromatic ring is 1. The van der Waals surface area contributed by atoms with Gasteiger partial charge < -0.3 is 10.5 Å². The van der Waals surface area contributed by atoms with E-state index in [2.05, 4.69) is 5.32 Å². The largest absolute Gasteiger partial charge is 0.417 e. The lowest BCUT2D eigenvalue weighted by Gasteiger charge is -2.07. The van der Waals surface area contributed by atoms with Gasteiger partial charge in [-0.3, -0.25) is 5.32 Å². The molecule has 0 fully saturated rings. The Morgan fingerprint density at radius 1 is 1.17 bits per heavy atom. The van der Waals surface area contributed by atoms with E-state index in [0.717, 1.165) is 0 Å². The van der Waals surface area contributed by atoms with Gasteiger partial charge in [-0.2, -0.15) is 0 Å². The zero-order valence-electron chi connectivity index (χ0n) is 9.39.